The number of amides is 1. The van der Waals surface area contributed by atoms with E-state index in [1.807, 2.05) is 30.0 Å². The normalized spacial score (nSPS) is 15.5. The van der Waals surface area contributed by atoms with Gasteiger partial charge in [-0.15, -0.1) is 5.10 Å². The van der Waals surface area contributed by atoms with Crippen molar-refractivity contribution in [3.05, 3.63) is 76.3 Å². The van der Waals surface area contributed by atoms with Crippen molar-refractivity contribution in [1.29, 1.82) is 0 Å². The molecule has 1 amide bonds. The van der Waals surface area contributed by atoms with Crippen LogP contribution in [-0.2, 0) is 11.3 Å². The number of aromatic nitrogens is 2. The first-order valence-electron chi connectivity index (χ1n) is 11.7. The van der Waals surface area contributed by atoms with Gasteiger partial charge in [0.25, 0.3) is 5.56 Å². The summed E-state index contributed by atoms with van der Waals surface area (Å²) in [6, 6.07) is 14.3. The molecule has 0 unspecified atom stereocenters. The van der Waals surface area contributed by atoms with Crippen molar-refractivity contribution in [3.63, 3.8) is 0 Å². The zero-order chi connectivity index (χ0) is 24.8. The van der Waals surface area contributed by atoms with Crippen molar-refractivity contribution < 1.29 is 18.7 Å². The molecule has 0 bridgehead atoms. The Hall–Kier alpha value is -3.88. The number of carbonyl (C=O) groups excluding carboxylic acids is 1. The average molecular weight is 481 g/mol. The second-order valence-corrected chi connectivity index (χ2v) is 8.34. The maximum atomic E-state index is 13.3. The number of halogens is 1. The van der Waals surface area contributed by atoms with E-state index in [-0.39, 0.29) is 23.2 Å². The molecule has 35 heavy (non-hydrogen) atoms. The summed E-state index contributed by atoms with van der Waals surface area (Å²) < 4.78 is 25.5. The molecule has 0 spiro atoms. The fourth-order valence-corrected chi connectivity index (χ4v) is 4.17. The lowest BCUT2D eigenvalue weighted by Gasteiger charge is -2.33. The summed E-state index contributed by atoms with van der Waals surface area (Å²) in [5, 5.41) is 7.50. The average Bonchev–Trinajstić information content (AvgIpc) is 2.89. The van der Waals surface area contributed by atoms with E-state index < -0.39 is 0 Å². The van der Waals surface area contributed by atoms with Crippen LogP contribution in [-0.4, -0.2) is 42.5 Å². The molecule has 2 heterocycles. The summed E-state index contributed by atoms with van der Waals surface area (Å²) in [5.41, 5.74) is 1.09. The predicted octanol–water partition coefficient (Wildman–Crippen LogP) is 3.31. The van der Waals surface area contributed by atoms with E-state index in [4.69, 9.17) is 9.47 Å². The minimum atomic E-state index is -0.383. The van der Waals surface area contributed by atoms with Crippen molar-refractivity contribution in [2.45, 2.75) is 26.3 Å². The number of nitrogens with zero attached hydrogens (tertiary/aromatic N) is 3. The van der Waals surface area contributed by atoms with E-state index in [0.717, 1.165) is 24.9 Å². The van der Waals surface area contributed by atoms with Gasteiger partial charge in [-0.2, -0.15) is 4.68 Å². The van der Waals surface area contributed by atoms with Gasteiger partial charge in [-0.05, 0) is 67.8 Å². The molecule has 1 N–H and O–H groups in total. The highest BCUT2D eigenvalue weighted by Crippen LogP contribution is 2.28. The number of benzene rings is 2. The summed E-state index contributed by atoms with van der Waals surface area (Å²) >= 11 is 0. The Bertz CT molecular complexity index is 1230. The van der Waals surface area contributed by atoms with E-state index in [1.54, 1.807) is 13.2 Å². The molecule has 184 valence electrons. The highest BCUT2D eigenvalue weighted by atomic mass is 19.1. The SMILES string of the molecule is CCOc1ccc(CNC(=O)[C@@H]2CCCN(c3ccc(=O)n(-c4ccc(F)cc4)n3)C2)cc1OC. The van der Waals surface area contributed by atoms with Crippen LogP contribution in [0.4, 0.5) is 10.2 Å². The summed E-state index contributed by atoms with van der Waals surface area (Å²) in [6.07, 6.45) is 1.60. The number of anilines is 1. The number of rotatable bonds is 8. The van der Waals surface area contributed by atoms with Gasteiger partial charge in [0.05, 0.1) is 25.3 Å². The lowest BCUT2D eigenvalue weighted by atomic mass is 9.97. The molecule has 0 radical (unpaired) electrons. The van der Waals surface area contributed by atoms with E-state index in [0.29, 0.717) is 42.7 Å². The molecule has 1 fully saturated rings. The molecular weight excluding hydrogens is 451 g/mol. The Morgan fingerprint density at radius 1 is 1.14 bits per heavy atom. The van der Waals surface area contributed by atoms with E-state index >= 15 is 0 Å². The molecular formula is C26H29FN4O4. The third-order valence-corrected chi connectivity index (χ3v) is 5.97. The van der Waals surface area contributed by atoms with Crippen molar-refractivity contribution in [2.24, 2.45) is 5.92 Å². The van der Waals surface area contributed by atoms with Crippen LogP contribution in [0.2, 0.25) is 0 Å². The molecule has 3 aromatic rings. The van der Waals surface area contributed by atoms with Gasteiger partial charge in [0.15, 0.2) is 11.5 Å². The Balaban J connectivity index is 1.42. The fraction of sp³-hybridized carbons (Fsp3) is 0.346. The Kier molecular flexibility index (Phi) is 7.64. The molecule has 0 saturated carbocycles. The number of hydrogen-bond donors (Lipinski definition) is 1. The number of carbonyl (C=O) groups is 1. The minimum absolute atomic E-state index is 0.0330. The molecule has 1 aromatic heterocycles. The van der Waals surface area contributed by atoms with Gasteiger partial charge < -0.3 is 19.7 Å². The first-order valence-corrected chi connectivity index (χ1v) is 11.7. The van der Waals surface area contributed by atoms with E-state index in [2.05, 4.69) is 10.4 Å². The Labute approximate surface area is 203 Å². The summed E-state index contributed by atoms with van der Waals surface area (Å²) in [6.45, 7) is 4.06. The maximum absolute atomic E-state index is 13.3. The van der Waals surface area contributed by atoms with Crippen molar-refractivity contribution in [3.8, 4) is 17.2 Å². The summed E-state index contributed by atoms with van der Waals surface area (Å²) in [5.74, 6) is 1.28. The van der Waals surface area contributed by atoms with Crippen molar-refractivity contribution in [1.82, 2.24) is 15.1 Å². The van der Waals surface area contributed by atoms with Gasteiger partial charge in [-0.1, -0.05) is 6.07 Å². The Morgan fingerprint density at radius 3 is 2.69 bits per heavy atom. The molecule has 1 saturated heterocycles. The van der Waals surface area contributed by atoms with Crippen molar-refractivity contribution >= 4 is 11.7 Å². The lowest BCUT2D eigenvalue weighted by molar-refractivity contribution is -0.125. The smallest absolute Gasteiger partial charge is 0.271 e. The third kappa shape index (κ3) is 5.79. The van der Waals surface area contributed by atoms with E-state index in [9.17, 15) is 14.0 Å². The first kappa shape index (κ1) is 24.3. The second-order valence-electron chi connectivity index (χ2n) is 8.34. The van der Waals surface area contributed by atoms with Gasteiger partial charge in [0.1, 0.15) is 11.6 Å². The third-order valence-electron chi connectivity index (χ3n) is 5.97. The highest BCUT2D eigenvalue weighted by molar-refractivity contribution is 5.79. The van der Waals surface area contributed by atoms with Crippen LogP contribution in [0.3, 0.4) is 0 Å². The largest absolute Gasteiger partial charge is 0.493 e. The van der Waals surface area contributed by atoms with Crippen LogP contribution in [0.15, 0.2) is 59.4 Å². The lowest BCUT2D eigenvalue weighted by Crippen LogP contribution is -2.43. The monoisotopic (exact) mass is 480 g/mol. The zero-order valence-electron chi connectivity index (χ0n) is 19.9. The molecule has 2 aromatic carbocycles. The second kappa shape index (κ2) is 11.0. The van der Waals surface area contributed by atoms with Gasteiger partial charge in [-0.3, -0.25) is 9.59 Å². The molecule has 4 rings (SSSR count). The maximum Gasteiger partial charge on any atom is 0.271 e. The number of methoxy groups -OCH3 is 1. The molecule has 8 nitrogen and oxygen atoms in total. The molecule has 1 aliphatic heterocycles. The van der Waals surface area contributed by atoms with Crippen LogP contribution < -0.4 is 25.2 Å². The van der Waals surface area contributed by atoms with Crippen LogP contribution in [0.25, 0.3) is 5.69 Å². The molecule has 9 heteroatoms. The van der Waals surface area contributed by atoms with Crippen molar-refractivity contribution in [2.75, 3.05) is 31.7 Å². The van der Waals surface area contributed by atoms with Gasteiger partial charge in [0, 0.05) is 25.7 Å². The fourth-order valence-electron chi connectivity index (χ4n) is 4.17. The summed E-state index contributed by atoms with van der Waals surface area (Å²) in [7, 11) is 1.59. The summed E-state index contributed by atoms with van der Waals surface area (Å²) in [4.78, 5) is 27.3. The first-order chi connectivity index (χ1) is 17.0. The van der Waals surface area contributed by atoms with Crippen LogP contribution in [0.1, 0.15) is 25.3 Å². The predicted molar refractivity (Wildman–Crippen MR) is 131 cm³/mol. The standard InChI is InChI=1S/C26H29FN4O4/c1-3-35-22-11-6-18(15-23(22)34-2)16-28-26(33)19-5-4-14-30(17-19)24-12-13-25(32)31(29-24)21-9-7-20(27)8-10-21/h6-13,15,19H,3-5,14,16-17H2,1-2H3,(H,28,33)/t19-/m1/s1. The van der Waals surface area contributed by atoms with Crippen LogP contribution in [0, 0.1) is 11.7 Å². The highest BCUT2D eigenvalue weighted by Gasteiger charge is 2.27. The molecule has 1 atom stereocenters. The van der Waals surface area contributed by atoms with E-state index in [1.165, 1.54) is 35.0 Å². The number of ether oxygens (including phenoxy) is 2. The number of nitrogens with one attached hydrogen (secondary N) is 1. The number of piperidine rings is 1. The van der Waals surface area contributed by atoms with Gasteiger partial charge in [0.2, 0.25) is 5.91 Å². The molecule has 1 aliphatic rings. The molecule has 0 aliphatic carbocycles. The quantitative estimate of drug-likeness (QED) is 0.533. The van der Waals surface area contributed by atoms with Gasteiger partial charge in [-0.25, -0.2) is 4.39 Å². The zero-order valence-corrected chi connectivity index (χ0v) is 19.9. The van der Waals surface area contributed by atoms with Crippen LogP contribution in [0.5, 0.6) is 11.5 Å². The minimum Gasteiger partial charge on any atom is -0.493 e. The Morgan fingerprint density at radius 2 is 1.94 bits per heavy atom. The van der Waals surface area contributed by atoms with Crippen LogP contribution >= 0.6 is 0 Å². The topological polar surface area (TPSA) is 85.7 Å². The number of hydrogen-bond acceptors (Lipinski definition) is 6. The van der Waals surface area contributed by atoms with Gasteiger partial charge >= 0.3 is 0 Å².